The predicted octanol–water partition coefficient (Wildman–Crippen LogP) is 5.58. The lowest BCUT2D eigenvalue weighted by atomic mass is 10.1. The molecule has 1 nitrogen and oxygen atoms in total. The number of thioether (sulfide) groups is 2. The molecule has 0 unspecified atom stereocenters. The molecule has 0 aliphatic heterocycles. The summed E-state index contributed by atoms with van der Waals surface area (Å²) in [4.78, 5) is 3.80. The van der Waals surface area contributed by atoms with Crippen molar-refractivity contribution < 1.29 is 0 Å². The molecule has 0 bridgehead atoms. The van der Waals surface area contributed by atoms with E-state index in [1.165, 1.54) is 34.8 Å². The maximum absolute atomic E-state index is 2.44. The van der Waals surface area contributed by atoms with Crippen LogP contribution >= 0.6 is 23.5 Å². The third kappa shape index (κ3) is 8.92. The molecule has 22 heavy (non-hydrogen) atoms. The second-order valence-corrected chi connectivity index (χ2v) is 8.14. The van der Waals surface area contributed by atoms with Gasteiger partial charge >= 0.3 is 0 Å². The average Bonchev–Trinajstić information content (AvgIpc) is 2.52. The van der Waals surface area contributed by atoms with Crippen LogP contribution in [0, 0.1) is 0 Å². The van der Waals surface area contributed by atoms with Crippen LogP contribution in [-0.2, 0) is 0 Å². The summed E-state index contributed by atoms with van der Waals surface area (Å²) in [5, 5.41) is 0. The highest BCUT2D eigenvalue weighted by molar-refractivity contribution is 7.99. The van der Waals surface area contributed by atoms with E-state index in [0.717, 1.165) is 18.8 Å². The van der Waals surface area contributed by atoms with Gasteiger partial charge in [-0.2, -0.15) is 11.8 Å². The van der Waals surface area contributed by atoms with Crippen molar-refractivity contribution in [3.63, 3.8) is 0 Å². The van der Waals surface area contributed by atoms with Crippen molar-refractivity contribution in [3.05, 3.63) is 41.5 Å². The Morgan fingerprint density at radius 3 is 2.45 bits per heavy atom. The topological polar surface area (TPSA) is 3.24 Å². The van der Waals surface area contributed by atoms with E-state index in [-0.39, 0.29) is 0 Å². The Kier molecular flexibility index (Phi) is 10.8. The first kappa shape index (κ1) is 19.7. The van der Waals surface area contributed by atoms with Gasteiger partial charge in [-0.05, 0) is 45.2 Å². The van der Waals surface area contributed by atoms with Crippen LogP contribution in [0.5, 0.6) is 0 Å². The van der Waals surface area contributed by atoms with Gasteiger partial charge in [0.1, 0.15) is 0 Å². The SMILES string of the molecule is CCCCSC/C(C)=C(/C)CN(C)CCSc1ccccc1. The molecule has 1 aromatic rings. The highest BCUT2D eigenvalue weighted by Gasteiger charge is 2.03. The minimum absolute atomic E-state index is 1.09. The van der Waals surface area contributed by atoms with E-state index in [4.69, 9.17) is 0 Å². The fourth-order valence-electron chi connectivity index (χ4n) is 2.05. The van der Waals surface area contributed by atoms with Gasteiger partial charge in [0.25, 0.3) is 0 Å². The second kappa shape index (κ2) is 12.1. The number of unbranched alkanes of at least 4 members (excludes halogenated alkanes) is 1. The molecule has 0 saturated heterocycles. The van der Waals surface area contributed by atoms with Gasteiger partial charge in [0.15, 0.2) is 0 Å². The molecule has 0 radical (unpaired) electrons. The van der Waals surface area contributed by atoms with Crippen molar-refractivity contribution >= 4 is 23.5 Å². The molecule has 0 aliphatic rings. The summed E-state index contributed by atoms with van der Waals surface area (Å²) in [5.41, 5.74) is 3.10. The van der Waals surface area contributed by atoms with Crippen LogP contribution in [0.1, 0.15) is 33.6 Å². The maximum Gasteiger partial charge on any atom is 0.0190 e. The number of benzene rings is 1. The Hall–Kier alpha value is -0.380. The Bertz CT molecular complexity index is 428. The molecule has 3 heteroatoms. The van der Waals surface area contributed by atoms with Crippen LogP contribution in [0.3, 0.4) is 0 Å². The lowest BCUT2D eigenvalue weighted by Gasteiger charge is -2.18. The summed E-state index contributed by atoms with van der Waals surface area (Å²) in [5.74, 6) is 3.64. The van der Waals surface area contributed by atoms with Crippen molar-refractivity contribution in [2.24, 2.45) is 0 Å². The molecule has 0 amide bonds. The van der Waals surface area contributed by atoms with Gasteiger partial charge in [-0.3, -0.25) is 0 Å². The predicted molar refractivity (Wildman–Crippen MR) is 105 cm³/mol. The fraction of sp³-hybridized carbons (Fsp3) is 0.579. The molecule has 0 spiro atoms. The summed E-state index contributed by atoms with van der Waals surface area (Å²) in [7, 11) is 2.23. The van der Waals surface area contributed by atoms with Gasteiger partial charge in [-0.25, -0.2) is 0 Å². The summed E-state index contributed by atoms with van der Waals surface area (Å²) >= 11 is 4.02. The van der Waals surface area contributed by atoms with E-state index in [0.29, 0.717) is 0 Å². The van der Waals surface area contributed by atoms with Crippen LogP contribution in [-0.4, -0.2) is 42.3 Å². The number of rotatable bonds is 11. The average molecular weight is 338 g/mol. The van der Waals surface area contributed by atoms with E-state index in [1.807, 2.05) is 11.8 Å². The van der Waals surface area contributed by atoms with Crippen LogP contribution in [0.25, 0.3) is 0 Å². The smallest absolute Gasteiger partial charge is 0.0190 e. The van der Waals surface area contributed by atoms with Gasteiger partial charge < -0.3 is 4.90 Å². The first-order chi connectivity index (χ1) is 10.6. The number of likely N-dealkylation sites (N-methyl/N-ethyl adjacent to an activating group) is 1. The van der Waals surface area contributed by atoms with E-state index >= 15 is 0 Å². The largest absolute Gasteiger partial charge is 0.302 e. The van der Waals surface area contributed by atoms with Gasteiger partial charge in [0.2, 0.25) is 0 Å². The molecule has 0 atom stereocenters. The Balaban J connectivity index is 2.23. The zero-order valence-corrected chi connectivity index (χ0v) is 16.2. The third-order valence-corrected chi connectivity index (χ3v) is 5.89. The lowest BCUT2D eigenvalue weighted by Crippen LogP contribution is -2.23. The lowest BCUT2D eigenvalue weighted by molar-refractivity contribution is 0.385. The van der Waals surface area contributed by atoms with Gasteiger partial charge in [0, 0.05) is 29.5 Å². The third-order valence-electron chi connectivity index (χ3n) is 3.68. The zero-order valence-electron chi connectivity index (χ0n) is 14.6. The molecular weight excluding hydrogens is 306 g/mol. The highest BCUT2D eigenvalue weighted by Crippen LogP contribution is 2.17. The molecule has 1 aromatic carbocycles. The number of hydrogen-bond acceptors (Lipinski definition) is 3. The highest BCUT2D eigenvalue weighted by atomic mass is 32.2. The zero-order chi connectivity index (χ0) is 16.2. The Morgan fingerprint density at radius 2 is 1.77 bits per heavy atom. The molecule has 0 saturated carbocycles. The number of hydrogen-bond donors (Lipinski definition) is 0. The molecule has 0 fully saturated rings. The monoisotopic (exact) mass is 337 g/mol. The number of nitrogens with zero attached hydrogens (tertiary/aromatic N) is 1. The summed E-state index contributed by atoms with van der Waals surface area (Å²) < 4.78 is 0. The molecule has 0 N–H and O–H groups in total. The maximum atomic E-state index is 2.44. The Morgan fingerprint density at radius 1 is 1.05 bits per heavy atom. The quantitative estimate of drug-likeness (QED) is 0.295. The van der Waals surface area contributed by atoms with Crippen LogP contribution in [0.4, 0.5) is 0 Å². The summed E-state index contributed by atoms with van der Waals surface area (Å²) in [6.45, 7) is 9.07. The first-order valence-corrected chi connectivity index (χ1v) is 10.4. The fourth-order valence-corrected chi connectivity index (χ4v) is 4.23. The minimum atomic E-state index is 1.09. The molecule has 0 heterocycles. The molecule has 0 aliphatic carbocycles. The van der Waals surface area contributed by atoms with Gasteiger partial charge in [-0.15, -0.1) is 11.8 Å². The van der Waals surface area contributed by atoms with Crippen LogP contribution in [0.2, 0.25) is 0 Å². The molecule has 124 valence electrons. The summed E-state index contributed by atoms with van der Waals surface area (Å²) in [6, 6.07) is 10.7. The van der Waals surface area contributed by atoms with Crippen molar-refractivity contribution in [3.8, 4) is 0 Å². The van der Waals surface area contributed by atoms with E-state index in [9.17, 15) is 0 Å². The minimum Gasteiger partial charge on any atom is -0.302 e. The summed E-state index contributed by atoms with van der Waals surface area (Å²) in [6.07, 6.45) is 2.64. The van der Waals surface area contributed by atoms with Crippen LogP contribution < -0.4 is 0 Å². The van der Waals surface area contributed by atoms with Crippen molar-refractivity contribution in [1.82, 2.24) is 4.90 Å². The van der Waals surface area contributed by atoms with Crippen molar-refractivity contribution in [2.45, 2.75) is 38.5 Å². The van der Waals surface area contributed by atoms with Crippen LogP contribution in [0.15, 0.2) is 46.4 Å². The molecule has 0 aromatic heterocycles. The standard InChI is InChI=1S/C19H31NS2/c1-5-6-13-21-16-18(3)17(2)15-20(4)12-14-22-19-10-8-7-9-11-19/h7-11H,5-6,12-16H2,1-4H3/b18-17-. The van der Waals surface area contributed by atoms with Gasteiger partial charge in [0.05, 0.1) is 0 Å². The van der Waals surface area contributed by atoms with Crippen molar-refractivity contribution in [1.29, 1.82) is 0 Å². The van der Waals surface area contributed by atoms with E-state index in [2.05, 4.69) is 74.8 Å². The first-order valence-electron chi connectivity index (χ1n) is 8.22. The second-order valence-electron chi connectivity index (χ2n) is 5.87. The van der Waals surface area contributed by atoms with E-state index < -0.39 is 0 Å². The molecule has 1 rings (SSSR count). The Labute approximate surface area is 145 Å². The molecular formula is C19H31NS2. The van der Waals surface area contributed by atoms with Crippen molar-refractivity contribution in [2.75, 3.05) is 37.4 Å². The van der Waals surface area contributed by atoms with Gasteiger partial charge in [-0.1, -0.05) is 42.7 Å². The normalized spacial score (nSPS) is 12.6. The van der Waals surface area contributed by atoms with E-state index in [1.54, 1.807) is 5.57 Å².